The molecule has 0 saturated heterocycles. The Labute approximate surface area is 107 Å². The highest BCUT2D eigenvalue weighted by molar-refractivity contribution is 6.31. The van der Waals surface area contributed by atoms with Crippen molar-refractivity contribution in [3.63, 3.8) is 0 Å². The Balaban J connectivity index is 2.58. The summed E-state index contributed by atoms with van der Waals surface area (Å²) in [6.07, 6.45) is 0.564. The van der Waals surface area contributed by atoms with Gasteiger partial charge in [0.2, 0.25) is 0 Å². The molecule has 0 aliphatic heterocycles. The zero-order valence-electron chi connectivity index (χ0n) is 10.4. The van der Waals surface area contributed by atoms with Crippen LogP contribution >= 0.6 is 11.6 Å². The van der Waals surface area contributed by atoms with E-state index in [-0.39, 0.29) is 0 Å². The van der Waals surface area contributed by atoms with E-state index in [0.29, 0.717) is 18.0 Å². The van der Waals surface area contributed by atoms with Crippen LogP contribution in [0.25, 0.3) is 0 Å². The fourth-order valence-electron chi connectivity index (χ4n) is 1.42. The Hall–Kier alpha value is -1.22. The third-order valence-corrected chi connectivity index (χ3v) is 3.32. The van der Waals surface area contributed by atoms with Gasteiger partial charge in [0.25, 0.3) is 0 Å². The van der Waals surface area contributed by atoms with Crippen molar-refractivity contribution in [1.82, 2.24) is 0 Å². The molecule has 2 N–H and O–H groups in total. The topological polar surface area (TPSA) is 49.3 Å². The molecule has 0 atom stereocenters. The monoisotopic (exact) mass is 255 g/mol. The quantitative estimate of drug-likeness (QED) is 0.846. The van der Waals surface area contributed by atoms with E-state index in [1.165, 1.54) is 0 Å². The number of hydrogen-bond donors (Lipinski definition) is 2. The lowest BCUT2D eigenvalue weighted by molar-refractivity contribution is -0.147. The van der Waals surface area contributed by atoms with Crippen LogP contribution in [0.5, 0.6) is 0 Å². The Morgan fingerprint density at radius 2 is 2.12 bits per heavy atom. The van der Waals surface area contributed by atoms with Gasteiger partial charge in [-0.25, -0.2) is 0 Å². The second-order valence-corrected chi connectivity index (χ2v) is 5.19. The van der Waals surface area contributed by atoms with Crippen molar-refractivity contribution in [3.8, 4) is 0 Å². The summed E-state index contributed by atoms with van der Waals surface area (Å²) in [5, 5.41) is 12.9. The zero-order chi connectivity index (χ0) is 13.1. The molecule has 1 aromatic rings. The van der Waals surface area contributed by atoms with E-state index < -0.39 is 11.4 Å². The van der Waals surface area contributed by atoms with Gasteiger partial charge in [-0.05, 0) is 44.9 Å². The van der Waals surface area contributed by atoms with Crippen molar-refractivity contribution in [2.45, 2.75) is 27.2 Å². The zero-order valence-corrected chi connectivity index (χ0v) is 11.1. The van der Waals surface area contributed by atoms with Gasteiger partial charge in [0, 0.05) is 17.3 Å². The first kappa shape index (κ1) is 13.8. The molecule has 0 radical (unpaired) electrons. The molecule has 0 spiro atoms. The maximum Gasteiger partial charge on any atom is 0.309 e. The van der Waals surface area contributed by atoms with Gasteiger partial charge >= 0.3 is 5.97 Å². The second-order valence-electron chi connectivity index (χ2n) is 4.78. The smallest absolute Gasteiger partial charge is 0.309 e. The molecule has 4 heteroatoms. The summed E-state index contributed by atoms with van der Waals surface area (Å²) in [6, 6.07) is 5.65. The van der Waals surface area contributed by atoms with E-state index in [9.17, 15) is 4.79 Å². The van der Waals surface area contributed by atoms with Gasteiger partial charge in [-0.2, -0.15) is 0 Å². The number of aliphatic carboxylic acids is 1. The SMILES string of the molecule is Cc1c(Cl)cccc1NCCC(C)(C)C(=O)O. The van der Waals surface area contributed by atoms with Crippen LogP contribution in [0.15, 0.2) is 18.2 Å². The minimum absolute atomic E-state index is 0.564. The standard InChI is InChI=1S/C13H18ClNO2/c1-9-10(14)5-4-6-11(9)15-8-7-13(2,3)12(16)17/h4-6,15H,7-8H2,1-3H3,(H,16,17). The molecule has 1 aromatic carbocycles. The van der Waals surface area contributed by atoms with Crippen LogP contribution in [-0.2, 0) is 4.79 Å². The van der Waals surface area contributed by atoms with Crippen LogP contribution < -0.4 is 5.32 Å². The van der Waals surface area contributed by atoms with Gasteiger partial charge < -0.3 is 10.4 Å². The number of benzene rings is 1. The van der Waals surface area contributed by atoms with Gasteiger partial charge in [0.1, 0.15) is 0 Å². The minimum Gasteiger partial charge on any atom is -0.481 e. The van der Waals surface area contributed by atoms with Crippen molar-refractivity contribution in [2.24, 2.45) is 5.41 Å². The molecule has 0 bridgehead atoms. The summed E-state index contributed by atoms with van der Waals surface area (Å²) in [5.74, 6) is -0.776. The summed E-state index contributed by atoms with van der Waals surface area (Å²) >= 11 is 6.00. The number of carbonyl (C=O) groups is 1. The highest BCUT2D eigenvalue weighted by Crippen LogP contribution is 2.24. The molecule has 0 aromatic heterocycles. The van der Waals surface area contributed by atoms with Crippen LogP contribution in [0.3, 0.4) is 0 Å². The molecule has 0 heterocycles. The van der Waals surface area contributed by atoms with Crippen molar-refractivity contribution < 1.29 is 9.90 Å². The van der Waals surface area contributed by atoms with Crippen molar-refractivity contribution in [3.05, 3.63) is 28.8 Å². The average molecular weight is 256 g/mol. The Morgan fingerprint density at radius 1 is 1.47 bits per heavy atom. The number of rotatable bonds is 5. The summed E-state index contributed by atoms with van der Waals surface area (Å²) in [4.78, 5) is 10.9. The van der Waals surface area contributed by atoms with Crippen molar-refractivity contribution in [1.29, 1.82) is 0 Å². The first-order valence-corrected chi connectivity index (χ1v) is 5.95. The Kier molecular flexibility index (Phi) is 4.40. The van der Waals surface area contributed by atoms with Crippen LogP contribution in [0.1, 0.15) is 25.8 Å². The predicted octanol–water partition coefficient (Wildman–Crippen LogP) is 3.56. The second kappa shape index (κ2) is 5.41. The summed E-state index contributed by atoms with van der Waals surface area (Å²) in [7, 11) is 0. The maximum atomic E-state index is 10.9. The molecule has 1 rings (SSSR count). The Bertz CT molecular complexity index is 416. The lowest BCUT2D eigenvalue weighted by Crippen LogP contribution is -2.26. The van der Waals surface area contributed by atoms with Gasteiger partial charge in [0.05, 0.1) is 5.41 Å². The van der Waals surface area contributed by atoms with E-state index in [1.54, 1.807) is 13.8 Å². The number of carboxylic acids is 1. The molecule has 0 fully saturated rings. The van der Waals surface area contributed by atoms with Gasteiger partial charge in [-0.3, -0.25) is 4.79 Å². The van der Waals surface area contributed by atoms with Crippen LogP contribution in [-0.4, -0.2) is 17.6 Å². The minimum atomic E-state index is -0.776. The molecule has 17 heavy (non-hydrogen) atoms. The number of anilines is 1. The van der Waals surface area contributed by atoms with Gasteiger partial charge in [-0.15, -0.1) is 0 Å². The molecule has 0 amide bonds. The molecule has 0 aliphatic carbocycles. The number of hydrogen-bond acceptors (Lipinski definition) is 2. The fourth-order valence-corrected chi connectivity index (χ4v) is 1.59. The first-order chi connectivity index (χ1) is 7.84. The van der Waals surface area contributed by atoms with E-state index in [1.807, 2.05) is 25.1 Å². The molecular weight excluding hydrogens is 238 g/mol. The third-order valence-electron chi connectivity index (χ3n) is 2.91. The van der Waals surface area contributed by atoms with Gasteiger partial charge in [-0.1, -0.05) is 17.7 Å². The molecule has 0 unspecified atom stereocenters. The van der Waals surface area contributed by atoms with E-state index in [2.05, 4.69) is 5.32 Å². The molecule has 94 valence electrons. The molecule has 0 saturated carbocycles. The first-order valence-electron chi connectivity index (χ1n) is 5.57. The largest absolute Gasteiger partial charge is 0.481 e. The third kappa shape index (κ3) is 3.63. The summed E-state index contributed by atoms with van der Waals surface area (Å²) in [5.41, 5.74) is 1.24. The summed E-state index contributed by atoms with van der Waals surface area (Å²) in [6.45, 7) is 6.00. The van der Waals surface area contributed by atoms with Crippen LogP contribution in [0.4, 0.5) is 5.69 Å². The maximum absolute atomic E-state index is 10.9. The normalized spacial score (nSPS) is 11.3. The number of halogens is 1. The predicted molar refractivity (Wildman–Crippen MR) is 70.7 cm³/mol. The van der Waals surface area contributed by atoms with Crippen molar-refractivity contribution in [2.75, 3.05) is 11.9 Å². The number of carboxylic acid groups (broad SMARTS) is 1. The molecule has 3 nitrogen and oxygen atoms in total. The van der Waals surface area contributed by atoms with Crippen LogP contribution in [0.2, 0.25) is 5.02 Å². The van der Waals surface area contributed by atoms with Crippen LogP contribution in [0, 0.1) is 12.3 Å². The van der Waals surface area contributed by atoms with E-state index >= 15 is 0 Å². The average Bonchev–Trinajstić information content (AvgIpc) is 2.24. The lowest BCUT2D eigenvalue weighted by Gasteiger charge is -2.20. The highest BCUT2D eigenvalue weighted by Gasteiger charge is 2.26. The van der Waals surface area contributed by atoms with Gasteiger partial charge in [0.15, 0.2) is 0 Å². The summed E-state index contributed by atoms with van der Waals surface area (Å²) < 4.78 is 0. The lowest BCUT2D eigenvalue weighted by atomic mass is 9.89. The Morgan fingerprint density at radius 3 is 2.71 bits per heavy atom. The van der Waals surface area contributed by atoms with E-state index in [4.69, 9.17) is 16.7 Å². The highest BCUT2D eigenvalue weighted by atomic mass is 35.5. The molecular formula is C13H18ClNO2. The molecule has 0 aliphatic rings. The number of nitrogens with one attached hydrogen (secondary N) is 1. The van der Waals surface area contributed by atoms with Crippen molar-refractivity contribution >= 4 is 23.3 Å². The fraction of sp³-hybridized carbons (Fsp3) is 0.462. The van der Waals surface area contributed by atoms with E-state index in [0.717, 1.165) is 11.3 Å².